The maximum Gasteiger partial charge on any atom is 0.242 e. The number of carbonyl (C=O) groups is 1. The minimum absolute atomic E-state index is 0.0315. The molecule has 1 amide bonds. The number of carbonyl (C=O) groups excluding carboxylic acids is 1. The van der Waals surface area contributed by atoms with Crippen LogP contribution in [0.5, 0.6) is 0 Å². The van der Waals surface area contributed by atoms with Gasteiger partial charge in [0.2, 0.25) is 15.9 Å². The summed E-state index contributed by atoms with van der Waals surface area (Å²) in [5.74, 6) is -0.584. The third-order valence-corrected chi connectivity index (χ3v) is 4.60. The molecule has 0 heterocycles. The molecule has 1 aromatic rings. The summed E-state index contributed by atoms with van der Waals surface area (Å²) in [5, 5.41) is 0. The molecule has 106 valence electrons. The van der Waals surface area contributed by atoms with Crippen molar-refractivity contribution in [2.45, 2.75) is 18.7 Å². The molecule has 1 aromatic carbocycles. The Hall–Kier alpha value is -1.12. The van der Waals surface area contributed by atoms with Crippen molar-refractivity contribution in [2.75, 3.05) is 12.3 Å². The number of rotatable bonds is 5. The van der Waals surface area contributed by atoms with Crippen molar-refractivity contribution < 1.29 is 13.2 Å². The number of benzene rings is 1. The highest BCUT2D eigenvalue weighted by molar-refractivity contribution is 9.10. The molecule has 0 bridgehead atoms. The molecule has 19 heavy (non-hydrogen) atoms. The zero-order valence-electron chi connectivity index (χ0n) is 10.6. The number of hydrogen-bond acceptors (Lipinski definition) is 4. The van der Waals surface area contributed by atoms with Gasteiger partial charge >= 0.3 is 0 Å². The first-order chi connectivity index (χ1) is 8.56. The van der Waals surface area contributed by atoms with E-state index in [2.05, 4.69) is 20.7 Å². The van der Waals surface area contributed by atoms with Gasteiger partial charge in [0.15, 0.2) is 0 Å². The van der Waals surface area contributed by atoms with Crippen LogP contribution in [0.4, 0.5) is 5.69 Å². The lowest BCUT2D eigenvalue weighted by molar-refractivity contribution is -0.125. The summed E-state index contributed by atoms with van der Waals surface area (Å²) in [6.07, 6.45) is 0. The average Bonchev–Trinajstić information content (AvgIpc) is 2.26. The molecule has 0 radical (unpaired) electrons. The lowest BCUT2D eigenvalue weighted by Gasteiger charge is -2.21. The van der Waals surface area contributed by atoms with Gasteiger partial charge in [-0.3, -0.25) is 4.79 Å². The Balaban J connectivity index is 2.97. The Bertz CT molecular complexity index is 599. The molecule has 0 unspecified atom stereocenters. The summed E-state index contributed by atoms with van der Waals surface area (Å²) in [6, 6.07) is 4.46. The molecule has 8 heteroatoms. The smallest absolute Gasteiger partial charge is 0.242 e. The lowest BCUT2D eigenvalue weighted by atomic mass is 9.93. The zero-order valence-corrected chi connectivity index (χ0v) is 13.0. The lowest BCUT2D eigenvalue weighted by Crippen LogP contribution is -2.42. The van der Waals surface area contributed by atoms with Crippen molar-refractivity contribution >= 4 is 37.5 Å². The molecule has 0 spiro atoms. The van der Waals surface area contributed by atoms with E-state index in [1.165, 1.54) is 12.1 Å². The minimum atomic E-state index is -3.78. The van der Waals surface area contributed by atoms with Gasteiger partial charge in [-0.05, 0) is 32.0 Å². The molecular formula is C11H16BrN3O3S. The number of nitrogens with two attached hydrogens (primary N) is 2. The zero-order chi connectivity index (χ0) is 14.8. The molecule has 0 aromatic heterocycles. The SMILES string of the molecule is CC(C)(CNS(=O)(=O)c1ccc(Br)cc1N)C(N)=O. The van der Waals surface area contributed by atoms with Gasteiger partial charge in [0.05, 0.1) is 11.1 Å². The molecule has 0 atom stereocenters. The van der Waals surface area contributed by atoms with Gasteiger partial charge in [0.1, 0.15) is 4.90 Å². The van der Waals surface area contributed by atoms with Crippen LogP contribution in [0.2, 0.25) is 0 Å². The van der Waals surface area contributed by atoms with Crippen LogP contribution in [0.1, 0.15) is 13.8 Å². The van der Waals surface area contributed by atoms with Gasteiger partial charge in [-0.2, -0.15) is 0 Å². The topological polar surface area (TPSA) is 115 Å². The number of hydrogen-bond donors (Lipinski definition) is 3. The van der Waals surface area contributed by atoms with E-state index in [0.717, 1.165) is 0 Å². The number of sulfonamides is 1. The van der Waals surface area contributed by atoms with Crippen molar-refractivity contribution in [2.24, 2.45) is 11.1 Å². The Morgan fingerprint density at radius 2 is 2.00 bits per heavy atom. The average molecular weight is 350 g/mol. The Kier molecular flexibility index (Phi) is 4.59. The van der Waals surface area contributed by atoms with Crippen LogP contribution in [-0.2, 0) is 14.8 Å². The first-order valence-electron chi connectivity index (χ1n) is 5.41. The highest BCUT2D eigenvalue weighted by Gasteiger charge is 2.28. The molecule has 6 nitrogen and oxygen atoms in total. The van der Waals surface area contributed by atoms with E-state index in [4.69, 9.17) is 11.5 Å². The summed E-state index contributed by atoms with van der Waals surface area (Å²) >= 11 is 3.20. The third kappa shape index (κ3) is 3.92. The molecule has 0 saturated carbocycles. The van der Waals surface area contributed by atoms with Gasteiger partial charge in [-0.15, -0.1) is 0 Å². The van der Waals surface area contributed by atoms with Crippen LogP contribution >= 0.6 is 15.9 Å². The summed E-state index contributed by atoms with van der Waals surface area (Å²) in [5.41, 5.74) is 10.00. The normalized spacial score (nSPS) is 12.4. The molecule has 0 aliphatic heterocycles. The first-order valence-corrected chi connectivity index (χ1v) is 7.68. The minimum Gasteiger partial charge on any atom is -0.398 e. The molecule has 0 fully saturated rings. The fraction of sp³-hybridized carbons (Fsp3) is 0.364. The first kappa shape index (κ1) is 15.9. The standard InChI is InChI=1S/C11H16BrN3O3S/c1-11(2,10(14)16)6-15-19(17,18)9-4-3-7(12)5-8(9)13/h3-5,15H,6,13H2,1-2H3,(H2,14,16). The number of primary amides is 1. The summed E-state index contributed by atoms with van der Waals surface area (Å²) in [7, 11) is -3.78. The molecule has 0 saturated heterocycles. The van der Waals surface area contributed by atoms with E-state index >= 15 is 0 Å². The van der Waals surface area contributed by atoms with Gasteiger partial charge in [-0.1, -0.05) is 15.9 Å². The quantitative estimate of drug-likeness (QED) is 0.682. The van der Waals surface area contributed by atoms with Crippen molar-refractivity contribution in [3.8, 4) is 0 Å². The van der Waals surface area contributed by atoms with Crippen LogP contribution in [0, 0.1) is 5.41 Å². The second-order valence-corrected chi connectivity index (χ2v) is 7.41. The van der Waals surface area contributed by atoms with Crippen LogP contribution in [0.25, 0.3) is 0 Å². The Morgan fingerprint density at radius 3 is 2.47 bits per heavy atom. The fourth-order valence-corrected chi connectivity index (χ4v) is 2.91. The van der Waals surface area contributed by atoms with Crippen molar-refractivity contribution in [1.82, 2.24) is 4.72 Å². The largest absolute Gasteiger partial charge is 0.398 e. The van der Waals surface area contributed by atoms with Crippen molar-refractivity contribution in [1.29, 1.82) is 0 Å². The number of nitrogen functional groups attached to an aromatic ring is 1. The van der Waals surface area contributed by atoms with Crippen LogP contribution in [0.3, 0.4) is 0 Å². The van der Waals surface area contributed by atoms with E-state index < -0.39 is 21.3 Å². The molecular weight excluding hydrogens is 334 g/mol. The maximum absolute atomic E-state index is 12.1. The molecule has 0 aliphatic carbocycles. The Morgan fingerprint density at radius 1 is 1.42 bits per heavy atom. The third-order valence-electron chi connectivity index (χ3n) is 2.63. The summed E-state index contributed by atoms with van der Waals surface area (Å²) in [6.45, 7) is 3.02. The Labute approximate surface area is 120 Å². The monoisotopic (exact) mass is 349 g/mol. The van der Waals surface area contributed by atoms with E-state index in [1.54, 1.807) is 19.9 Å². The van der Waals surface area contributed by atoms with Crippen LogP contribution in [-0.4, -0.2) is 20.9 Å². The predicted molar refractivity (Wildman–Crippen MR) is 76.7 cm³/mol. The van der Waals surface area contributed by atoms with Gasteiger partial charge in [0.25, 0.3) is 0 Å². The number of halogens is 1. The highest BCUT2D eigenvalue weighted by atomic mass is 79.9. The van der Waals surface area contributed by atoms with E-state index in [0.29, 0.717) is 4.47 Å². The van der Waals surface area contributed by atoms with Crippen LogP contribution < -0.4 is 16.2 Å². The molecule has 5 N–H and O–H groups in total. The van der Waals surface area contributed by atoms with Crippen LogP contribution in [0.15, 0.2) is 27.6 Å². The van der Waals surface area contributed by atoms with Gasteiger partial charge < -0.3 is 11.5 Å². The van der Waals surface area contributed by atoms with E-state index in [-0.39, 0.29) is 17.1 Å². The molecule has 1 rings (SSSR count). The second kappa shape index (κ2) is 5.48. The van der Waals surface area contributed by atoms with E-state index in [1.807, 2.05) is 0 Å². The number of amides is 1. The number of nitrogens with one attached hydrogen (secondary N) is 1. The van der Waals surface area contributed by atoms with Crippen molar-refractivity contribution in [3.05, 3.63) is 22.7 Å². The van der Waals surface area contributed by atoms with Gasteiger partial charge in [0, 0.05) is 11.0 Å². The maximum atomic E-state index is 12.1. The fourth-order valence-electron chi connectivity index (χ4n) is 1.20. The van der Waals surface area contributed by atoms with Crippen molar-refractivity contribution in [3.63, 3.8) is 0 Å². The van der Waals surface area contributed by atoms with Gasteiger partial charge in [-0.25, -0.2) is 13.1 Å². The molecule has 0 aliphatic rings. The second-order valence-electron chi connectivity index (χ2n) is 4.75. The summed E-state index contributed by atoms with van der Waals surface area (Å²) < 4.78 is 27.2. The van der Waals surface area contributed by atoms with E-state index in [9.17, 15) is 13.2 Å². The highest BCUT2D eigenvalue weighted by Crippen LogP contribution is 2.23. The summed E-state index contributed by atoms with van der Waals surface area (Å²) in [4.78, 5) is 11.1. The number of anilines is 1. The predicted octanol–water partition coefficient (Wildman–Crippen LogP) is 0.821.